The predicted molar refractivity (Wildman–Crippen MR) is 106 cm³/mol. The number of nitrogens with zero attached hydrogens (tertiary/aromatic N) is 2. The second-order valence-electron chi connectivity index (χ2n) is 7.36. The lowest BCUT2D eigenvalue weighted by Crippen LogP contribution is -2.32. The van der Waals surface area contributed by atoms with E-state index in [1.54, 1.807) is 30.3 Å². The molecule has 27 heavy (non-hydrogen) atoms. The van der Waals surface area contributed by atoms with Gasteiger partial charge in [-0.25, -0.2) is 0 Å². The molecule has 1 atom stereocenters. The molecule has 7 heteroatoms. The van der Waals surface area contributed by atoms with Gasteiger partial charge in [0, 0.05) is 30.5 Å². The van der Waals surface area contributed by atoms with Crippen LogP contribution in [0.1, 0.15) is 49.6 Å². The molecule has 1 fully saturated rings. The molecule has 2 heterocycles. The predicted octanol–water partition coefficient (Wildman–Crippen LogP) is 3.04. The zero-order chi connectivity index (χ0) is 19.2. The van der Waals surface area contributed by atoms with E-state index >= 15 is 0 Å². The van der Waals surface area contributed by atoms with Gasteiger partial charge in [0.1, 0.15) is 0 Å². The topological polar surface area (TPSA) is 88.0 Å². The van der Waals surface area contributed by atoms with Crippen molar-refractivity contribution in [1.29, 1.82) is 0 Å². The Labute approximate surface area is 159 Å². The van der Waals surface area contributed by atoms with E-state index in [1.165, 1.54) is 0 Å². The van der Waals surface area contributed by atoms with E-state index in [-0.39, 0.29) is 11.8 Å². The van der Waals surface area contributed by atoms with Crippen molar-refractivity contribution in [3.05, 3.63) is 42.2 Å². The molecule has 1 aromatic carbocycles. The van der Waals surface area contributed by atoms with E-state index < -0.39 is 0 Å². The van der Waals surface area contributed by atoms with E-state index in [2.05, 4.69) is 21.0 Å². The number of amides is 2. The van der Waals surface area contributed by atoms with Crippen LogP contribution < -0.4 is 16.0 Å². The van der Waals surface area contributed by atoms with Crippen molar-refractivity contribution in [2.75, 3.05) is 23.7 Å². The molecule has 2 aromatic rings. The number of rotatable bonds is 6. The van der Waals surface area contributed by atoms with Gasteiger partial charge in [0.25, 0.3) is 5.91 Å². The number of hydrogen-bond donors (Lipinski definition) is 3. The van der Waals surface area contributed by atoms with Crippen LogP contribution in [0.5, 0.6) is 0 Å². The first-order valence-corrected chi connectivity index (χ1v) is 9.48. The van der Waals surface area contributed by atoms with Gasteiger partial charge in [-0.2, -0.15) is 5.10 Å². The Morgan fingerprint density at radius 1 is 1.19 bits per heavy atom. The lowest BCUT2D eigenvalue weighted by molar-refractivity contribution is -0.116. The number of carbonyl (C=O) groups is 2. The van der Waals surface area contributed by atoms with Crippen molar-refractivity contribution in [1.82, 2.24) is 15.1 Å². The molecule has 0 saturated carbocycles. The molecule has 0 bridgehead atoms. The maximum Gasteiger partial charge on any atom is 0.276 e. The lowest BCUT2D eigenvalue weighted by atomic mass is 10.1. The van der Waals surface area contributed by atoms with Crippen molar-refractivity contribution in [2.45, 2.75) is 39.2 Å². The largest absolute Gasteiger partial charge is 0.326 e. The van der Waals surface area contributed by atoms with Crippen molar-refractivity contribution >= 4 is 23.2 Å². The van der Waals surface area contributed by atoms with E-state index in [9.17, 15) is 9.59 Å². The monoisotopic (exact) mass is 369 g/mol. The van der Waals surface area contributed by atoms with E-state index in [0.29, 0.717) is 35.4 Å². The maximum atomic E-state index is 12.4. The average molecular weight is 369 g/mol. The molecule has 3 N–H and O–H groups in total. The summed E-state index contributed by atoms with van der Waals surface area (Å²) in [6.07, 6.45) is 4.53. The average Bonchev–Trinajstić information content (AvgIpc) is 3.14. The smallest absolute Gasteiger partial charge is 0.276 e. The highest BCUT2D eigenvalue weighted by Crippen LogP contribution is 2.18. The number of benzene rings is 1. The summed E-state index contributed by atoms with van der Waals surface area (Å²) in [5.74, 6) is 0.0615. The minimum Gasteiger partial charge on any atom is -0.326 e. The molecule has 3 rings (SSSR count). The van der Waals surface area contributed by atoms with Gasteiger partial charge < -0.3 is 16.0 Å². The number of carbonyl (C=O) groups excluding carboxylic acids is 2. The molecule has 1 unspecified atom stereocenters. The van der Waals surface area contributed by atoms with E-state index in [0.717, 1.165) is 25.9 Å². The minimum absolute atomic E-state index is 0.00970. The molecule has 1 aliphatic rings. The molecule has 1 aliphatic heterocycles. The highest BCUT2D eigenvalue weighted by atomic mass is 16.2. The SMILES string of the molecule is CC(C)CC(=O)Nc1ccc(NC(=O)c2ccn(C3CCCNC3)n2)cc1. The summed E-state index contributed by atoms with van der Waals surface area (Å²) in [6.45, 7) is 5.93. The zero-order valence-electron chi connectivity index (χ0n) is 15.9. The zero-order valence-corrected chi connectivity index (χ0v) is 15.9. The first-order valence-electron chi connectivity index (χ1n) is 9.48. The summed E-state index contributed by atoms with van der Waals surface area (Å²) in [5.41, 5.74) is 1.78. The van der Waals surface area contributed by atoms with Gasteiger partial charge in [0.05, 0.1) is 6.04 Å². The van der Waals surface area contributed by atoms with E-state index in [1.807, 2.05) is 24.7 Å². The van der Waals surface area contributed by atoms with Crippen LogP contribution in [0.3, 0.4) is 0 Å². The number of anilines is 2. The highest BCUT2D eigenvalue weighted by molar-refractivity contribution is 6.03. The van der Waals surface area contributed by atoms with Crippen molar-refractivity contribution in [3.63, 3.8) is 0 Å². The van der Waals surface area contributed by atoms with Crippen molar-refractivity contribution < 1.29 is 9.59 Å². The molecule has 1 saturated heterocycles. The fourth-order valence-corrected chi connectivity index (χ4v) is 3.14. The lowest BCUT2D eigenvalue weighted by Gasteiger charge is -2.22. The summed E-state index contributed by atoms with van der Waals surface area (Å²) >= 11 is 0. The second-order valence-corrected chi connectivity index (χ2v) is 7.36. The van der Waals surface area contributed by atoms with Gasteiger partial charge in [0.15, 0.2) is 5.69 Å². The minimum atomic E-state index is -0.242. The summed E-state index contributed by atoms with van der Waals surface area (Å²) in [5, 5.41) is 13.5. The molecule has 144 valence electrons. The van der Waals surface area contributed by atoms with Crippen molar-refractivity contribution in [3.8, 4) is 0 Å². The molecule has 0 radical (unpaired) electrons. The van der Waals surface area contributed by atoms with Crippen LogP contribution in [0.15, 0.2) is 36.5 Å². The normalized spacial score (nSPS) is 16.9. The van der Waals surface area contributed by atoms with Crippen LogP contribution in [0, 0.1) is 5.92 Å². The Morgan fingerprint density at radius 2 is 1.89 bits per heavy atom. The van der Waals surface area contributed by atoms with Crippen LogP contribution >= 0.6 is 0 Å². The fraction of sp³-hybridized carbons (Fsp3) is 0.450. The Balaban J connectivity index is 1.56. The first kappa shape index (κ1) is 19.1. The molecule has 7 nitrogen and oxygen atoms in total. The Kier molecular flexibility index (Phi) is 6.24. The molecule has 2 amide bonds. The Hall–Kier alpha value is -2.67. The summed E-state index contributed by atoms with van der Waals surface area (Å²) < 4.78 is 1.87. The second kappa shape index (κ2) is 8.81. The van der Waals surface area contributed by atoms with Gasteiger partial charge >= 0.3 is 0 Å². The first-order chi connectivity index (χ1) is 13.0. The number of hydrogen-bond acceptors (Lipinski definition) is 4. The Bertz CT molecular complexity index is 776. The fourth-order valence-electron chi connectivity index (χ4n) is 3.14. The third-order valence-corrected chi connectivity index (χ3v) is 4.51. The van der Waals surface area contributed by atoms with Gasteiger partial charge in [0.2, 0.25) is 5.91 Å². The number of piperidine rings is 1. The quantitative estimate of drug-likeness (QED) is 0.730. The molecule has 1 aromatic heterocycles. The number of aromatic nitrogens is 2. The molecule has 0 spiro atoms. The molecular formula is C20H27N5O2. The molecular weight excluding hydrogens is 342 g/mol. The maximum absolute atomic E-state index is 12.4. The summed E-state index contributed by atoms with van der Waals surface area (Å²) in [6, 6.07) is 9.13. The molecule has 0 aliphatic carbocycles. The summed E-state index contributed by atoms with van der Waals surface area (Å²) in [4.78, 5) is 24.2. The van der Waals surface area contributed by atoms with Gasteiger partial charge in [-0.15, -0.1) is 0 Å². The van der Waals surface area contributed by atoms with Crippen LogP contribution in [-0.4, -0.2) is 34.7 Å². The van der Waals surface area contributed by atoms with E-state index in [4.69, 9.17) is 0 Å². The standard InChI is InChI=1S/C20H27N5O2/c1-14(2)12-19(26)22-15-5-7-16(8-6-15)23-20(27)18-9-11-25(24-18)17-4-3-10-21-13-17/h5-9,11,14,17,21H,3-4,10,12-13H2,1-2H3,(H,22,26)(H,23,27). The van der Waals surface area contributed by atoms with Crippen molar-refractivity contribution in [2.24, 2.45) is 5.92 Å². The van der Waals surface area contributed by atoms with Gasteiger partial charge in [-0.05, 0) is 55.6 Å². The third-order valence-electron chi connectivity index (χ3n) is 4.51. The third kappa shape index (κ3) is 5.40. The van der Waals surface area contributed by atoms with Gasteiger partial charge in [-0.1, -0.05) is 13.8 Å². The summed E-state index contributed by atoms with van der Waals surface area (Å²) in [7, 11) is 0. The van der Waals surface area contributed by atoms with Crippen LogP contribution in [0.25, 0.3) is 0 Å². The van der Waals surface area contributed by atoms with Crippen LogP contribution in [0.2, 0.25) is 0 Å². The van der Waals surface area contributed by atoms with Gasteiger partial charge in [-0.3, -0.25) is 14.3 Å². The Morgan fingerprint density at radius 3 is 2.52 bits per heavy atom. The van der Waals surface area contributed by atoms with Crippen LogP contribution in [0.4, 0.5) is 11.4 Å². The van der Waals surface area contributed by atoms with Crippen LogP contribution in [-0.2, 0) is 4.79 Å². The highest BCUT2D eigenvalue weighted by Gasteiger charge is 2.17. The number of nitrogens with one attached hydrogen (secondary N) is 3.